The molecule has 0 bridgehead atoms. The van der Waals surface area contributed by atoms with Crippen LogP contribution in [0.1, 0.15) is 16.2 Å². The van der Waals surface area contributed by atoms with Gasteiger partial charge in [-0.05, 0) is 19.1 Å². The second-order valence-electron chi connectivity index (χ2n) is 4.20. The molecule has 1 amide bonds. The Kier molecular flexibility index (Phi) is 2.45. The van der Waals surface area contributed by atoms with Crippen LogP contribution in [0, 0.1) is 6.92 Å². The summed E-state index contributed by atoms with van der Waals surface area (Å²) < 4.78 is 0. The van der Waals surface area contributed by atoms with E-state index in [9.17, 15) is 4.79 Å². The lowest BCUT2D eigenvalue weighted by atomic mass is 10.2. The van der Waals surface area contributed by atoms with E-state index in [4.69, 9.17) is 5.73 Å². The number of nitrogens with two attached hydrogens (primary N) is 1. The number of amides is 1. The van der Waals surface area contributed by atoms with Gasteiger partial charge in [0.1, 0.15) is 0 Å². The molecule has 0 radical (unpaired) electrons. The molecule has 5 N–H and O–H groups in total. The number of benzene rings is 1. The number of aromatic amines is 2. The number of nitrogen functional groups attached to an aromatic ring is 1. The molecule has 0 fully saturated rings. The van der Waals surface area contributed by atoms with Crippen molar-refractivity contribution < 1.29 is 4.79 Å². The van der Waals surface area contributed by atoms with Crippen LogP contribution in [0.25, 0.3) is 10.9 Å². The first-order valence-electron chi connectivity index (χ1n) is 5.70. The van der Waals surface area contributed by atoms with Gasteiger partial charge in [0, 0.05) is 5.39 Å². The molecular formula is C12H12N6O. The summed E-state index contributed by atoms with van der Waals surface area (Å²) in [6.45, 7) is 1.76. The van der Waals surface area contributed by atoms with Crippen molar-refractivity contribution in [3.63, 3.8) is 0 Å². The molecule has 7 nitrogen and oxygen atoms in total. The number of carbonyl (C=O) groups is 1. The zero-order chi connectivity index (χ0) is 13.4. The van der Waals surface area contributed by atoms with E-state index in [1.54, 1.807) is 19.2 Å². The summed E-state index contributed by atoms with van der Waals surface area (Å²) >= 11 is 0. The van der Waals surface area contributed by atoms with E-state index in [-0.39, 0.29) is 11.6 Å². The summed E-state index contributed by atoms with van der Waals surface area (Å²) in [4.78, 5) is 12.1. The third-order valence-corrected chi connectivity index (χ3v) is 2.94. The van der Waals surface area contributed by atoms with Crippen LogP contribution in [0.4, 0.5) is 11.4 Å². The standard InChI is InChI=1S/C12H12N6O/c1-6-10(13)11(18-16-6)12(19)15-8-3-2-4-9-7(8)5-14-17-9/h2-5H,13H2,1H3,(H,14,17)(H,15,19)(H,16,18). The van der Waals surface area contributed by atoms with Gasteiger partial charge in [0.05, 0.1) is 28.8 Å². The van der Waals surface area contributed by atoms with E-state index < -0.39 is 0 Å². The Bertz CT molecular complexity index is 757. The molecule has 0 aliphatic heterocycles. The van der Waals surface area contributed by atoms with Crippen LogP contribution in [-0.2, 0) is 0 Å². The average Bonchev–Trinajstić information content (AvgIpc) is 2.98. The molecule has 0 aliphatic carbocycles. The van der Waals surface area contributed by atoms with Crippen LogP contribution in [0.15, 0.2) is 24.4 Å². The van der Waals surface area contributed by atoms with E-state index in [1.807, 2.05) is 12.1 Å². The van der Waals surface area contributed by atoms with E-state index >= 15 is 0 Å². The topological polar surface area (TPSA) is 112 Å². The third kappa shape index (κ3) is 1.81. The SMILES string of the molecule is Cc1[nH]nc(C(=O)Nc2cccc3[nH]ncc23)c1N. The lowest BCUT2D eigenvalue weighted by molar-refractivity contribution is 0.102. The third-order valence-electron chi connectivity index (χ3n) is 2.94. The van der Waals surface area contributed by atoms with Gasteiger partial charge in [0.2, 0.25) is 0 Å². The number of fused-ring (bicyclic) bond motifs is 1. The van der Waals surface area contributed by atoms with Gasteiger partial charge in [-0.1, -0.05) is 6.07 Å². The molecule has 0 unspecified atom stereocenters. The second-order valence-corrected chi connectivity index (χ2v) is 4.20. The molecule has 0 saturated heterocycles. The minimum Gasteiger partial charge on any atom is -0.395 e. The number of nitrogens with zero attached hydrogens (tertiary/aromatic N) is 2. The highest BCUT2D eigenvalue weighted by Crippen LogP contribution is 2.22. The first-order valence-corrected chi connectivity index (χ1v) is 5.70. The van der Waals surface area contributed by atoms with Crippen molar-refractivity contribution >= 4 is 28.2 Å². The molecule has 7 heteroatoms. The van der Waals surface area contributed by atoms with Crippen molar-refractivity contribution in [2.75, 3.05) is 11.1 Å². The number of aromatic nitrogens is 4. The highest BCUT2D eigenvalue weighted by atomic mass is 16.2. The van der Waals surface area contributed by atoms with E-state index in [2.05, 4.69) is 25.7 Å². The molecule has 1 aromatic carbocycles. The Balaban J connectivity index is 1.95. The lowest BCUT2D eigenvalue weighted by Gasteiger charge is -2.04. The largest absolute Gasteiger partial charge is 0.395 e. The van der Waals surface area contributed by atoms with Crippen molar-refractivity contribution in [2.24, 2.45) is 0 Å². The van der Waals surface area contributed by atoms with Gasteiger partial charge in [-0.25, -0.2) is 0 Å². The fourth-order valence-corrected chi connectivity index (χ4v) is 1.87. The first-order chi connectivity index (χ1) is 9.16. The van der Waals surface area contributed by atoms with Gasteiger partial charge in [-0.15, -0.1) is 0 Å². The first kappa shape index (κ1) is 11.3. The van der Waals surface area contributed by atoms with Gasteiger partial charge in [-0.3, -0.25) is 15.0 Å². The molecule has 0 atom stereocenters. The molecule has 19 heavy (non-hydrogen) atoms. The zero-order valence-corrected chi connectivity index (χ0v) is 10.2. The van der Waals surface area contributed by atoms with Crippen LogP contribution in [0.5, 0.6) is 0 Å². The number of nitrogens with one attached hydrogen (secondary N) is 3. The van der Waals surface area contributed by atoms with Crippen molar-refractivity contribution in [2.45, 2.75) is 6.92 Å². The van der Waals surface area contributed by atoms with Gasteiger partial charge >= 0.3 is 0 Å². The summed E-state index contributed by atoms with van der Waals surface area (Å²) in [5, 5.41) is 17.0. The highest BCUT2D eigenvalue weighted by molar-refractivity contribution is 6.10. The van der Waals surface area contributed by atoms with Crippen molar-refractivity contribution in [1.29, 1.82) is 0 Å². The Morgan fingerprint density at radius 2 is 2.21 bits per heavy atom. The predicted octanol–water partition coefficient (Wildman–Crippen LogP) is 1.43. The van der Waals surface area contributed by atoms with E-state index in [1.165, 1.54) is 0 Å². The van der Waals surface area contributed by atoms with Crippen LogP contribution >= 0.6 is 0 Å². The minimum atomic E-state index is -0.351. The molecule has 2 aromatic heterocycles. The molecule has 0 aliphatic rings. The van der Waals surface area contributed by atoms with Crippen LogP contribution in [0.3, 0.4) is 0 Å². The lowest BCUT2D eigenvalue weighted by Crippen LogP contribution is -2.14. The summed E-state index contributed by atoms with van der Waals surface area (Å²) in [7, 11) is 0. The van der Waals surface area contributed by atoms with Crippen molar-refractivity contribution in [3.05, 3.63) is 35.8 Å². The fourth-order valence-electron chi connectivity index (χ4n) is 1.87. The maximum Gasteiger partial charge on any atom is 0.278 e. The fraction of sp³-hybridized carbons (Fsp3) is 0.0833. The number of hydrogen-bond acceptors (Lipinski definition) is 4. The molecule has 96 valence electrons. The number of H-pyrrole nitrogens is 2. The minimum absolute atomic E-state index is 0.193. The number of aryl methyl sites for hydroxylation is 1. The van der Waals surface area contributed by atoms with Gasteiger partial charge in [0.15, 0.2) is 5.69 Å². The zero-order valence-electron chi connectivity index (χ0n) is 10.2. The number of rotatable bonds is 2. The summed E-state index contributed by atoms with van der Waals surface area (Å²) in [6.07, 6.45) is 1.66. The Morgan fingerprint density at radius 1 is 1.37 bits per heavy atom. The van der Waals surface area contributed by atoms with Gasteiger partial charge < -0.3 is 11.1 Å². The maximum absolute atomic E-state index is 12.1. The smallest absolute Gasteiger partial charge is 0.278 e. The monoisotopic (exact) mass is 256 g/mol. The highest BCUT2D eigenvalue weighted by Gasteiger charge is 2.16. The van der Waals surface area contributed by atoms with Crippen LogP contribution in [-0.4, -0.2) is 26.3 Å². The Hall–Kier alpha value is -2.83. The summed E-state index contributed by atoms with van der Waals surface area (Å²) in [5.74, 6) is -0.351. The Morgan fingerprint density at radius 3 is 2.95 bits per heavy atom. The van der Waals surface area contributed by atoms with Crippen LogP contribution < -0.4 is 11.1 Å². The van der Waals surface area contributed by atoms with Crippen molar-refractivity contribution in [3.8, 4) is 0 Å². The molecule has 0 saturated carbocycles. The van der Waals surface area contributed by atoms with E-state index in [0.29, 0.717) is 17.1 Å². The normalized spacial score (nSPS) is 10.8. The molecule has 3 rings (SSSR count). The van der Waals surface area contributed by atoms with Crippen LogP contribution in [0.2, 0.25) is 0 Å². The molecule has 0 spiro atoms. The van der Waals surface area contributed by atoms with Gasteiger partial charge in [-0.2, -0.15) is 10.2 Å². The summed E-state index contributed by atoms with van der Waals surface area (Å²) in [5.41, 5.74) is 8.51. The maximum atomic E-state index is 12.1. The second kappa shape index (κ2) is 4.13. The van der Waals surface area contributed by atoms with Crippen molar-refractivity contribution in [1.82, 2.24) is 20.4 Å². The average molecular weight is 256 g/mol. The molecule has 3 aromatic rings. The van der Waals surface area contributed by atoms with E-state index in [0.717, 1.165) is 10.9 Å². The number of carbonyl (C=O) groups excluding carboxylic acids is 1. The van der Waals surface area contributed by atoms with Gasteiger partial charge in [0.25, 0.3) is 5.91 Å². The number of anilines is 2. The number of hydrogen-bond donors (Lipinski definition) is 4. The Labute approximate surface area is 108 Å². The predicted molar refractivity (Wildman–Crippen MR) is 71.8 cm³/mol. The molecule has 2 heterocycles. The summed E-state index contributed by atoms with van der Waals surface area (Å²) in [6, 6.07) is 5.51. The quantitative estimate of drug-likeness (QED) is 0.555. The molecular weight excluding hydrogens is 244 g/mol.